The third-order valence-corrected chi connectivity index (χ3v) is 2.93. The highest BCUT2D eigenvalue weighted by Gasteiger charge is 2.13. The summed E-state index contributed by atoms with van der Waals surface area (Å²) in [5, 5.41) is 4.03. The number of benzene rings is 1. The fraction of sp³-hybridized carbons (Fsp3) is 0.357. The van der Waals surface area contributed by atoms with Crippen molar-refractivity contribution in [2.24, 2.45) is 5.92 Å². The fourth-order valence-corrected chi connectivity index (χ4v) is 1.96. The first-order valence-corrected chi connectivity index (χ1v) is 6.44. The molecule has 0 saturated carbocycles. The topological polar surface area (TPSA) is 38.1 Å². The summed E-state index contributed by atoms with van der Waals surface area (Å²) in [5.41, 5.74) is 1.78. The minimum Gasteiger partial charge on any atom is -0.443 e. The molecule has 96 valence electrons. The zero-order valence-corrected chi connectivity index (χ0v) is 11.4. The number of nitrogens with one attached hydrogen (secondary N) is 1. The molecule has 1 aromatic heterocycles. The average molecular weight is 265 g/mol. The maximum absolute atomic E-state index is 6.16. The number of halogens is 1. The maximum atomic E-state index is 6.16. The Morgan fingerprint density at radius 2 is 2.11 bits per heavy atom. The van der Waals surface area contributed by atoms with Gasteiger partial charge in [0.05, 0.1) is 5.02 Å². The first-order valence-electron chi connectivity index (χ1n) is 6.06. The minimum absolute atomic E-state index is 0.612. The number of rotatable bonds is 5. The third kappa shape index (κ3) is 3.12. The Morgan fingerprint density at radius 3 is 2.83 bits per heavy atom. The summed E-state index contributed by atoms with van der Waals surface area (Å²) >= 11 is 6.16. The van der Waals surface area contributed by atoms with Gasteiger partial charge in [0, 0.05) is 12.1 Å². The van der Waals surface area contributed by atoms with Crippen LogP contribution in [0.1, 0.15) is 19.5 Å². The summed E-state index contributed by atoms with van der Waals surface area (Å²) in [6.07, 6.45) is 1.46. The van der Waals surface area contributed by atoms with Crippen LogP contribution in [0.15, 0.2) is 35.1 Å². The van der Waals surface area contributed by atoms with Gasteiger partial charge in [0.25, 0.3) is 0 Å². The van der Waals surface area contributed by atoms with Gasteiger partial charge in [-0.25, -0.2) is 4.98 Å². The van der Waals surface area contributed by atoms with Crippen LogP contribution in [-0.4, -0.2) is 11.5 Å². The van der Waals surface area contributed by atoms with Crippen LogP contribution in [-0.2, 0) is 6.54 Å². The molecule has 0 aliphatic heterocycles. The van der Waals surface area contributed by atoms with Crippen molar-refractivity contribution in [3.63, 3.8) is 0 Å². The Kier molecular flexibility index (Phi) is 4.39. The van der Waals surface area contributed by atoms with E-state index in [1.54, 1.807) is 0 Å². The van der Waals surface area contributed by atoms with E-state index >= 15 is 0 Å². The van der Waals surface area contributed by atoms with Gasteiger partial charge in [-0.05, 0) is 24.6 Å². The summed E-state index contributed by atoms with van der Waals surface area (Å²) in [4.78, 5) is 4.24. The number of oxazole rings is 1. The summed E-state index contributed by atoms with van der Waals surface area (Å²) in [6, 6.07) is 7.63. The first-order chi connectivity index (χ1) is 8.68. The van der Waals surface area contributed by atoms with Crippen molar-refractivity contribution in [3.8, 4) is 11.3 Å². The number of aromatic nitrogens is 1. The lowest BCUT2D eigenvalue weighted by atomic mass is 10.1. The van der Waals surface area contributed by atoms with Gasteiger partial charge in [-0.2, -0.15) is 0 Å². The Hall–Kier alpha value is -1.32. The van der Waals surface area contributed by atoms with E-state index in [0.29, 0.717) is 17.5 Å². The summed E-state index contributed by atoms with van der Waals surface area (Å²) in [6.45, 7) is 5.99. The van der Waals surface area contributed by atoms with Crippen molar-refractivity contribution in [2.45, 2.75) is 20.4 Å². The Morgan fingerprint density at radius 1 is 1.33 bits per heavy atom. The Labute approximate surface area is 112 Å². The van der Waals surface area contributed by atoms with Gasteiger partial charge in [0.15, 0.2) is 12.2 Å². The lowest BCUT2D eigenvalue weighted by Gasteiger charge is -2.07. The van der Waals surface area contributed by atoms with E-state index in [1.165, 1.54) is 6.39 Å². The SMILES string of the molecule is CC(C)CNCc1ncoc1-c1ccccc1Cl. The quantitative estimate of drug-likeness (QED) is 0.894. The van der Waals surface area contributed by atoms with Crippen molar-refractivity contribution in [1.29, 1.82) is 0 Å². The van der Waals surface area contributed by atoms with Gasteiger partial charge in [-0.15, -0.1) is 0 Å². The Balaban J connectivity index is 2.15. The van der Waals surface area contributed by atoms with E-state index in [0.717, 1.165) is 23.6 Å². The van der Waals surface area contributed by atoms with E-state index < -0.39 is 0 Å². The van der Waals surface area contributed by atoms with Crippen molar-refractivity contribution in [1.82, 2.24) is 10.3 Å². The minimum atomic E-state index is 0.612. The average Bonchev–Trinajstić information content (AvgIpc) is 2.77. The highest BCUT2D eigenvalue weighted by molar-refractivity contribution is 6.33. The van der Waals surface area contributed by atoms with Gasteiger partial charge in [0.2, 0.25) is 0 Å². The van der Waals surface area contributed by atoms with Crippen LogP contribution < -0.4 is 5.32 Å². The zero-order chi connectivity index (χ0) is 13.0. The maximum Gasteiger partial charge on any atom is 0.181 e. The monoisotopic (exact) mass is 264 g/mol. The third-order valence-electron chi connectivity index (χ3n) is 2.60. The predicted octanol–water partition coefficient (Wildman–Crippen LogP) is 3.74. The van der Waals surface area contributed by atoms with E-state index in [4.69, 9.17) is 16.0 Å². The molecule has 0 aliphatic rings. The highest BCUT2D eigenvalue weighted by atomic mass is 35.5. The summed E-state index contributed by atoms with van der Waals surface area (Å²) in [7, 11) is 0. The first kappa shape index (κ1) is 13.1. The van der Waals surface area contributed by atoms with Crippen LogP contribution in [0, 0.1) is 5.92 Å². The van der Waals surface area contributed by atoms with Crippen LogP contribution >= 0.6 is 11.6 Å². The van der Waals surface area contributed by atoms with Crippen LogP contribution in [0.5, 0.6) is 0 Å². The molecular formula is C14H17ClN2O. The number of nitrogens with zero attached hydrogens (tertiary/aromatic N) is 1. The van der Waals surface area contributed by atoms with Crippen molar-refractivity contribution in [2.75, 3.05) is 6.54 Å². The summed E-state index contributed by atoms with van der Waals surface area (Å²) < 4.78 is 5.45. The molecule has 4 heteroatoms. The molecule has 18 heavy (non-hydrogen) atoms. The Bertz CT molecular complexity index is 508. The molecule has 2 aromatic rings. The molecule has 3 nitrogen and oxygen atoms in total. The molecule has 0 saturated heterocycles. The molecule has 0 amide bonds. The second-order valence-electron chi connectivity index (χ2n) is 4.63. The standard InChI is InChI=1S/C14H17ClN2O/c1-10(2)7-16-8-13-14(18-9-17-13)11-5-3-4-6-12(11)15/h3-6,9-10,16H,7-8H2,1-2H3. The molecule has 0 radical (unpaired) electrons. The van der Waals surface area contributed by atoms with Gasteiger partial charge in [-0.1, -0.05) is 37.6 Å². The normalized spacial score (nSPS) is 11.1. The molecule has 1 aromatic carbocycles. The van der Waals surface area contributed by atoms with E-state index in [2.05, 4.69) is 24.1 Å². The van der Waals surface area contributed by atoms with Gasteiger partial charge < -0.3 is 9.73 Å². The van der Waals surface area contributed by atoms with Crippen LogP contribution in [0.4, 0.5) is 0 Å². The number of hydrogen-bond acceptors (Lipinski definition) is 3. The van der Waals surface area contributed by atoms with E-state index in [-0.39, 0.29) is 0 Å². The smallest absolute Gasteiger partial charge is 0.181 e. The fourth-order valence-electron chi connectivity index (χ4n) is 1.74. The van der Waals surface area contributed by atoms with Gasteiger partial charge in [0.1, 0.15) is 5.69 Å². The second-order valence-corrected chi connectivity index (χ2v) is 5.04. The molecular weight excluding hydrogens is 248 g/mol. The molecule has 0 fully saturated rings. The van der Waals surface area contributed by atoms with Crippen LogP contribution in [0.2, 0.25) is 5.02 Å². The van der Waals surface area contributed by atoms with Crippen molar-refractivity contribution < 1.29 is 4.42 Å². The van der Waals surface area contributed by atoms with E-state index in [9.17, 15) is 0 Å². The van der Waals surface area contributed by atoms with Crippen LogP contribution in [0.3, 0.4) is 0 Å². The molecule has 2 rings (SSSR count). The molecule has 1 N–H and O–H groups in total. The van der Waals surface area contributed by atoms with Gasteiger partial charge >= 0.3 is 0 Å². The molecule has 0 spiro atoms. The predicted molar refractivity (Wildman–Crippen MR) is 73.5 cm³/mol. The van der Waals surface area contributed by atoms with E-state index in [1.807, 2.05) is 24.3 Å². The lowest BCUT2D eigenvalue weighted by Crippen LogP contribution is -2.19. The largest absolute Gasteiger partial charge is 0.443 e. The van der Waals surface area contributed by atoms with Gasteiger partial charge in [-0.3, -0.25) is 0 Å². The highest BCUT2D eigenvalue weighted by Crippen LogP contribution is 2.29. The number of hydrogen-bond donors (Lipinski definition) is 1. The van der Waals surface area contributed by atoms with Crippen LogP contribution in [0.25, 0.3) is 11.3 Å². The molecule has 0 unspecified atom stereocenters. The molecule has 0 atom stereocenters. The molecule has 1 heterocycles. The van der Waals surface area contributed by atoms with Crippen molar-refractivity contribution in [3.05, 3.63) is 41.4 Å². The summed E-state index contributed by atoms with van der Waals surface area (Å²) in [5.74, 6) is 1.36. The lowest BCUT2D eigenvalue weighted by molar-refractivity contribution is 0.545. The second kappa shape index (κ2) is 6.03. The molecule has 0 aliphatic carbocycles. The zero-order valence-electron chi connectivity index (χ0n) is 10.6. The van der Waals surface area contributed by atoms with Crippen molar-refractivity contribution >= 4 is 11.6 Å². The molecule has 0 bridgehead atoms.